The number of halogens is 3. The number of rotatable bonds is 5. The van der Waals surface area contributed by atoms with Gasteiger partial charge in [0.2, 0.25) is 0 Å². The highest BCUT2D eigenvalue weighted by atomic mass is 19.4. The lowest BCUT2D eigenvalue weighted by atomic mass is 10.1. The molecule has 2 N–H and O–H groups in total. The minimum Gasteiger partial charge on any atom is -0.330 e. The Hall–Kier alpha value is -0.290. The van der Waals surface area contributed by atoms with Crippen LogP contribution in [0.15, 0.2) is 0 Å². The van der Waals surface area contributed by atoms with Gasteiger partial charge < -0.3 is 5.73 Å². The first kappa shape index (κ1) is 12.7. The molecule has 0 rings (SSSR count). The van der Waals surface area contributed by atoms with E-state index in [4.69, 9.17) is 5.73 Å². The van der Waals surface area contributed by atoms with Crippen molar-refractivity contribution in [3.05, 3.63) is 0 Å². The summed E-state index contributed by atoms with van der Waals surface area (Å²) in [6.45, 7) is 1.92. The number of hydrogen-bond donors (Lipinski definition) is 1. The van der Waals surface area contributed by atoms with Gasteiger partial charge in [-0.3, -0.25) is 4.90 Å². The van der Waals surface area contributed by atoms with Crippen LogP contribution in [0.3, 0.4) is 0 Å². The van der Waals surface area contributed by atoms with Gasteiger partial charge in [0.25, 0.3) is 0 Å². The topological polar surface area (TPSA) is 29.3 Å². The summed E-state index contributed by atoms with van der Waals surface area (Å²) in [6, 6.07) is 0. The Morgan fingerprint density at radius 1 is 1.38 bits per heavy atom. The minimum absolute atomic E-state index is 0.160. The lowest BCUT2D eigenvalue weighted by molar-refractivity contribution is -0.144. The third-order valence-corrected chi connectivity index (χ3v) is 1.93. The van der Waals surface area contributed by atoms with E-state index in [0.29, 0.717) is 13.1 Å². The van der Waals surface area contributed by atoms with Crippen LogP contribution in [0.5, 0.6) is 0 Å². The maximum absolute atomic E-state index is 11.9. The predicted octanol–water partition coefficient (Wildman–Crippen LogP) is 1.47. The quantitative estimate of drug-likeness (QED) is 0.724. The maximum atomic E-state index is 11.9. The molecule has 0 saturated carbocycles. The molecule has 0 fully saturated rings. The van der Waals surface area contributed by atoms with Crippen LogP contribution in [-0.2, 0) is 0 Å². The van der Waals surface area contributed by atoms with Gasteiger partial charge in [-0.1, -0.05) is 13.3 Å². The highest BCUT2D eigenvalue weighted by molar-refractivity contribution is 4.65. The first-order valence-corrected chi connectivity index (χ1v) is 4.34. The zero-order chi connectivity index (χ0) is 10.5. The van der Waals surface area contributed by atoms with Crippen molar-refractivity contribution < 1.29 is 13.2 Å². The van der Waals surface area contributed by atoms with Gasteiger partial charge in [-0.15, -0.1) is 0 Å². The van der Waals surface area contributed by atoms with E-state index in [9.17, 15) is 13.2 Å². The van der Waals surface area contributed by atoms with Crippen LogP contribution in [0.4, 0.5) is 13.2 Å². The van der Waals surface area contributed by atoms with E-state index >= 15 is 0 Å². The van der Waals surface area contributed by atoms with E-state index in [-0.39, 0.29) is 5.92 Å². The highest BCUT2D eigenvalue weighted by Crippen LogP contribution is 2.16. The summed E-state index contributed by atoms with van der Waals surface area (Å²) in [6.07, 6.45) is -3.29. The smallest absolute Gasteiger partial charge is 0.330 e. The van der Waals surface area contributed by atoms with E-state index in [2.05, 4.69) is 0 Å². The number of alkyl halides is 3. The average Bonchev–Trinajstić information content (AvgIpc) is 1.96. The molecule has 0 radical (unpaired) electrons. The summed E-state index contributed by atoms with van der Waals surface area (Å²) in [4.78, 5) is 1.26. The third kappa shape index (κ3) is 6.83. The molecule has 0 aromatic rings. The van der Waals surface area contributed by atoms with Crippen molar-refractivity contribution in [2.24, 2.45) is 11.7 Å². The second-order valence-corrected chi connectivity index (χ2v) is 3.32. The van der Waals surface area contributed by atoms with Gasteiger partial charge >= 0.3 is 6.18 Å². The summed E-state index contributed by atoms with van der Waals surface area (Å²) in [5.74, 6) is 0.160. The molecular formula is C8H17F3N2. The first-order valence-electron chi connectivity index (χ1n) is 4.34. The Morgan fingerprint density at radius 2 is 1.92 bits per heavy atom. The van der Waals surface area contributed by atoms with Gasteiger partial charge in [0.15, 0.2) is 0 Å². The average molecular weight is 198 g/mol. The Morgan fingerprint density at radius 3 is 2.23 bits per heavy atom. The Balaban J connectivity index is 3.79. The van der Waals surface area contributed by atoms with Crippen molar-refractivity contribution in [3.8, 4) is 0 Å². The molecule has 0 aliphatic carbocycles. The van der Waals surface area contributed by atoms with E-state index in [1.165, 1.54) is 11.9 Å². The lowest BCUT2D eigenvalue weighted by Gasteiger charge is -2.22. The normalized spacial score (nSPS) is 15.0. The van der Waals surface area contributed by atoms with E-state index in [1.807, 2.05) is 6.92 Å². The van der Waals surface area contributed by atoms with Crippen LogP contribution in [0.1, 0.15) is 13.3 Å². The van der Waals surface area contributed by atoms with Gasteiger partial charge in [-0.25, -0.2) is 0 Å². The molecule has 0 aromatic carbocycles. The summed E-state index contributed by atoms with van der Waals surface area (Å²) in [7, 11) is 1.46. The molecule has 2 nitrogen and oxygen atoms in total. The fourth-order valence-electron chi connectivity index (χ4n) is 1.18. The Labute approximate surface area is 76.9 Å². The zero-order valence-corrected chi connectivity index (χ0v) is 8.06. The largest absolute Gasteiger partial charge is 0.401 e. The maximum Gasteiger partial charge on any atom is 0.401 e. The van der Waals surface area contributed by atoms with Crippen molar-refractivity contribution in [1.82, 2.24) is 4.90 Å². The Kier molecular flexibility index (Phi) is 5.32. The van der Waals surface area contributed by atoms with Crippen LogP contribution < -0.4 is 5.73 Å². The second-order valence-electron chi connectivity index (χ2n) is 3.32. The van der Waals surface area contributed by atoms with E-state index in [0.717, 1.165) is 6.42 Å². The molecule has 5 heteroatoms. The van der Waals surface area contributed by atoms with Gasteiger partial charge in [-0.2, -0.15) is 13.2 Å². The molecule has 0 aliphatic heterocycles. The number of nitrogens with two attached hydrogens (primary N) is 1. The van der Waals surface area contributed by atoms with Gasteiger partial charge in [0.05, 0.1) is 6.54 Å². The number of nitrogens with zero attached hydrogens (tertiary/aromatic N) is 1. The molecule has 0 heterocycles. The zero-order valence-electron chi connectivity index (χ0n) is 8.06. The molecule has 80 valence electrons. The standard InChI is InChI=1S/C8H17F3N2/c1-3-7(4-12)5-13(2)6-8(9,10)11/h7H,3-6,12H2,1-2H3. The summed E-state index contributed by atoms with van der Waals surface area (Å²) < 4.78 is 35.7. The molecule has 0 aliphatic rings. The van der Waals surface area contributed by atoms with Gasteiger partial charge in [0.1, 0.15) is 0 Å². The summed E-state index contributed by atoms with van der Waals surface area (Å²) in [5, 5.41) is 0. The number of hydrogen-bond acceptors (Lipinski definition) is 2. The van der Waals surface area contributed by atoms with Crippen molar-refractivity contribution >= 4 is 0 Å². The third-order valence-electron chi connectivity index (χ3n) is 1.93. The molecule has 13 heavy (non-hydrogen) atoms. The highest BCUT2D eigenvalue weighted by Gasteiger charge is 2.29. The molecule has 0 amide bonds. The Bertz CT molecular complexity index is 132. The van der Waals surface area contributed by atoms with Crippen LogP contribution >= 0.6 is 0 Å². The predicted molar refractivity (Wildman–Crippen MR) is 46.4 cm³/mol. The summed E-state index contributed by atoms with van der Waals surface area (Å²) >= 11 is 0. The van der Waals surface area contributed by atoms with Crippen LogP contribution in [-0.4, -0.2) is 37.8 Å². The fraction of sp³-hybridized carbons (Fsp3) is 1.00. The second kappa shape index (κ2) is 5.44. The molecular weight excluding hydrogens is 181 g/mol. The molecule has 0 spiro atoms. The minimum atomic E-state index is -4.11. The van der Waals surface area contributed by atoms with E-state index in [1.54, 1.807) is 0 Å². The van der Waals surface area contributed by atoms with Crippen molar-refractivity contribution in [3.63, 3.8) is 0 Å². The van der Waals surface area contributed by atoms with Crippen LogP contribution in [0.2, 0.25) is 0 Å². The monoisotopic (exact) mass is 198 g/mol. The van der Waals surface area contributed by atoms with Crippen molar-refractivity contribution in [2.45, 2.75) is 19.5 Å². The molecule has 0 bridgehead atoms. The van der Waals surface area contributed by atoms with Gasteiger partial charge in [0, 0.05) is 6.54 Å². The van der Waals surface area contributed by atoms with E-state index < -0.39 is 12.7 Å². The fourth-order valence-corrected chi connectivity index (χ4v) is 1.18. The summed E-state index contributed by atoms with van der Waals surface area (Å²) in [5.41, 5.74) is 5.39. The molecule has 0 aromatic heterocycles. The first-order chi connectivity index (χ1) is 5.89. The molecule has 1 unspecified atom stereocenters. The molecule has 1 atom stereocenters. The SMILES string of the molecule is CCC(CN)CN(C)CC(F)(F)F. The van der Waals surface area contributed by atoms with Gasteiger partial charge in [-0.05, 0) is 19.5 Å². The molecule has 0 saturated heterocycles. The lowest BCUT2D eigenvalue weighted by Crippen LogP contribution is -2.36. The van der Waals surface area contributed by atoms with Crippen molar-refractivity contribution in [1.29, 1.82) is 0 Å². The van der Waals surface area contributed by atoms with Crippen LogP contribution in [0, 0.1) is 5.92 Å². The van der Waals surface area contributed by atoms with Crippen LogP contribution in [0.25, 0.3) is 0 Å². The van der Waals surface area contributed by atoms with Crippen molar-refractivity contribution in [2.75, 3.05) is 26.7 Å².